The maximum Gasteiger partial charge on any atom is 0.289 e. The number of carbonyl (C=O) groups excluding carboxylic acids is 5. The van der Waals surface area contributed by atoms with Crippen LogP contribution in [-0.2, 0) is 33.5 Å². The molecule has 2 aliphatic carbocycles. The number of hydrogen-bond acceptors (Lipinski definition) is 8. The molecule has 49 heavy (non-hydrogen) atoms. The van der Waals surface area contributed by atoms with Gasteiger partial charge < -0.3 is 30.4 Å². The van der Waals surface area contributed by atoms with Crippen molar-refractivity contribution in [2.45, 2.75) is 115 Å². The highest BCUT2D eigenvalue weighted by atomic mass is 35.5. The fourth-order valence-corrected chi connectivity index (χ4v) is 7.72. The Kier molecular flexibility index (Phi) is 9.85. The van der Waals surface area contributed by atoms with E-state index in [4.69, 9.17) is 21.2 Å². The fourth-order valence-electron chi connectivity index (χ4n) is 7.53. The predicted octanol–water partition coefficient (Wildman–Crippen LogP) is 3.28. The monoisotopic (exact) mass is 697 g/mol. The van der Waals surface area contributed by atoms with Crippen LogP contribution >= 0.6 is 11.6 Å². The van der Waals surface area contributed by atoms with Crippen molar-refractivity contribution < 1.29 is 33.5 Å². The number of nitrogens with one attached hydrogen (secondary N) is 3. The van der Waals surface area contributed by atoms with Gasteiger partial charge >= 0.3 is 0 Å². The molecule has 1 aromatic carbocycles. The molecule has 2 saturated heterocycles. The van der Waals surface area contributed by atoms with E-state index in [0.717, 1.165) is 37.7 Å². The maximum absolute atomic E-state index is 14.6. The van der Waals surface area contributed by atoms with Crippen LogP contribution in [0.3, 0.4) is 0 Å². The average Bonchev–Trinajstić information content (AvgIpc) is 3.93. The first-order valence-corrected chi connectivity index (χ1v) is 18.0. The molecule has 2 saturated carbocycles. The molecule has 3 aliphatic heterocycles. The number of ether oxygens (including phenoxy) is 1. The summed E-state index contributed by atoms with van der Waals surface area (Å²) in [5, 5.41) is 13.5. The van der Waals surface area contributed by atoms with Gasteiger partial charge in [-0.25, -0.2) is 0 Å². The van der Waals surface area contributed by atoms with E-state index in [2.05, 4.69) is 21.1 Å². The number of nitrogens with zero attached hydrogens (tertiary/aromatic N) is 2. The van der Waals surface area contributed by atoms with Crippen molar-refractivity contribution >= 4 is 46.7 Å². The van der Waals surface area contributed by atoms with Crippen LogP contribution in [0.25, 0.3) is 0 Å². The van der Waals surface area contributed by atoms with Crippen LogP contribution < -0.4 is 16.0 Å². The molecular weight excluding hydrogens is 650 g/mol. The second-order valence-electron chi connectivity index (χ2n) is 15.7. The smallest absolute Gasteiger partial charge is 0.289 e. The zero-order valence-electron chi connectivity index (χ0n) is 28.8. The minimum absolute atomic E-state index is 0.00746. The molecule has 4 amide bonds. The van der Waals surface area contributed by atoms with Crippen LogP contribution in [0.5, 0.6) is 0 Å². The lowest BCUT2D eigenvalue weighted by atomic mass is 9.85. The Hall–Kier alpha value is -3.51. The van der Waals surface area contributed by atoms with E-state index in [-0.39, 0.29) is 42.7 Å². The first-order chi connectivity index (χ1) is 23.2. The van der Waals surface area contributed by atoms with E-state index < -0.39 is 52.6 Å². The molecular formula is C36H48ClN5O7. The quantitative estimate of drug-likeness (QED) is 0.300. The molecule has 3 heterocycles. The minimum atomic E-state index is -1.05. The number of Topliss-reactive ketones (excluding diaryl/α,β-unsaturated/α-hetero) is 1. The van der Waals surface area contributed by atoms with E-state index >= 15 is 0 Å². The van der Waals surface area contributed by atoms with Gasteiger partial charge in [-0.1, -0.05) is 63.0 Å². The summed E-state index contributed by atoms with van der Waals surface area (Å²) in [6.45, 7) is 8.81. The molecule has 266 valence electrons. The standard InChI is InChI=1S/C36H48ClN5O7/c1-5-7-25(28(43)32(46)38-23-10-11-23)39-31(45)27-19-36(18-26(41-49-36)21-8-6-9-22(37)16-21)20-42(27)33(47)29(34(2,3)4)40-30(44)24-17-35(24)12-14-48-15-13-35/h6,8-9,16,23-25,27,29H,5,7,10-15,17-20H2,1-4H3,(H,38,46)(H,39,45)(H,40,44)/t24?,25-,27-,29+,36+/m0/s1. The van der Waals surface area contributed by atoms with Gasteiger partial charge in [-0.2, -0.15) is 0 Å². The third kappa shape index (κ3) is 7.65. The molecule has 5 aliphatic rings. The third-order valence-electron chi connectivity index (χ3n) is 10.7. The molecule has 1 unspecified atom stereocenters. The highest BCUT2D eigenvalue weighted by Gasteiger charge is 2.60. The van der Waals surface area contributed by atoms with Crippen LogP contribution in [0.15, 0.2) is 29.4 Å². The molecule has 0 bridgehead atoms. The molecule has 12 nitrogen and oxygen atoms in total. The zero-order valence-corrected chi connectivity index (χ0v) is 29.6. The molecule has 4 fully saturated rings. The fraction of sp³-hybridized carbons (Fsp3) is 0.667. The summed E-state index contributed by atoms with van der Waals surface area (Å²) in [4.78, 5) is 75.9. The van der Waals surface area contributed by atoms with Crippen molar-refractivity contribution in [1.82, 2.24) is 20.9 Å². The number of likely N-dealkylation sites (tertiary alicyclic amines) is 1. The van der Waals surface area contributed by atoms with Gasteiger partial charge in [0.05, 0.1) is 18.3 Å². The topological polar surface area (TPSA) is 156 Å². The van der Waals surface area contributed by atoms with Crippen LogP contribution in [0.4, 0.5) is 0 Å². The number of amides is 4. The number of benzene rings is 1. The van der Waals surface area contributed by atoms with E-state index in [0.29, 0.717) is 36.8 Å². The molecule has 0 aromatic heterocycles. The second-order valence-corrected chi connectivity index (χ2v) is 16.1. The summed E-state index contributed by atoms with van der Waals surface area (Å²) in [6, 6.07) is 4.21. The summed E-state index contributed by atoms with van der Waals surface area (Å²) in [7, 11) is 0. The Morgan fingerprint density at radius 3 is 2.45 bits per heavy atom. The number of halogens is 1. The second kappa shape index (κ2) is 13.7. The summed E-state index contributed by atoms with van der Waals surface area (Å²) in [5.41, 5.74) is -0.369. The summed E-state index contributed by atoms with van der Waals surface area (Å²) in [6.07, 6.45) is 5.30. The zero-order chi connectivity index (χ0) is 35.1. The van der Waals surface area contributed by atoms with Crippen molar-refractivity contribution in [2.24, 2.45) is 21.9 Å². The summed E-state index contributed by atoms with van der Waals surface area (Å²) < 4.78 is 5.52. The molecule has 2 spiro atoms. The highest BCUT2D eigenvalue weighted by Crippen LogP contribution is 2.59. The largest absolute Gasteiger partial charge is 0.387 e. The minimum Gasteiger partial charge on any atom is -0.387 e. The first-order valence-electron chi connectivity index (χ1n) is 17.6. The maximum atomic E-state index is 14.6. The molecule has 1 aromatic rings. The van der Waals surface area contributed by atoms with Gasteiger partial charge in [-0.05, 0) is 61.5 Å². The average molecular weight is 698 g/mol. The van der Waals surface area contributed by atoms with Crippen LogP contribution in [0, 0.1) is 16.7 Å². The first kappa shape index (κ1) is 35.3. The normalized spacial score (nSPS) is 26.8. The van der Waals surface area contributed by atoms with Gasteiger partial charge in [0.2, 0.25) is 23.5 Å². The Balaban J connectivity index is 1.24. The van der Waals surface area contributed by atoms with E-state index in [1.807, 2.05) is 39.8 Å². The van der Waals surface area contributed by atoms with Crippen LogP contribution in [0.2, 0.25) is 5.02 Å². The van der Waals surface area contributed by atoms with Crippen LogP contribution in [0.1, 0.15) is 91.0 Å². The number of ketones is 1. The molecule has 5 atom stereocenters. The van der Waals surface area contributed by atoms with Gasteiger partial charge in [0, 0.05) is 48.6 Å². The highest BCUT2D eigenvalue weighted by molar-refractivity contribution is 6.38. The molecule has 13 heteroatoms. The van der Waals surface area contributed by atoms with Gasteiger partial charge in [-0.3, -0.25) is 24.0 Å². The number of rotatable bonds is 11. The summed E-state index contributed by atoms with van der Waals surface area (Å²) in [5.74, 6) is -2.74. The van der Waals surface area contributed by atoms with Crippen molar-refractivity contribution in [2.75, 3.05) is 19.8 Å². The van der Waals surface area contributed by atoms with E-state index in [1.54, 1.807) is 12.1 Å². The van der Waals surface area contributed by atoms with E-state index in [9.17, 15) is 24.0 Å². The van der Waals surface area contributed by atoms with Crippen molar-refractivity contribution in [3.63, 3.8) is 0 Å². The van der Waals surface area contributed by atoms with E-state index in [1.165, 1.54) is 4.90 Å². The van der Waals surface area contributed by atoms with Gasteiger partial charge in [0.25, 0.3) is 5.91 Å². The third-order valence-corrected chi connectivity index (χ3v) is 11.0. The Bertz CT molecular complexity index is 1530. The number of carbonyl (C=O) groups is 5. The Labute approximate surface area is 292 Å². The van der Waals surface area contributed by atoms with Gasteiger partial charge in [0.15, 0.2) is 5.60 Å². The lowest BCUT2D eigenvalue weighted by Crippen LogP contribution is -2.59. The number of hydrogen-bond donors (Lipinski definition) is 3. The molecule has 6 rings (SSSR count). The molecule has 0 radical (unpaired) electrons. The SMILES string of the molecule is CCC[C@H](NC(=O)[C@@H]1C[C@]2(CC(c3cccc(Cl)c3)=NO2)CN1C(=O)[C@@H](NC(=O)C1CC12CCOCC2)C(C)(C)C)C(=O)C(=O)NC1CC1. The van der Waals surface area contributed by atoms with Crippen molar-refractivity contribution in [3.8, 4) is 0 Å². The lowest BCUT2D eigenvalue weighted by molar-refractivity contribution is -0.145. The van der Waals surface area contributed by atoms with Crippen molar-refractivity contribution in [3.05, 3.63) is 34.9 Å². The lowest BCUT2D eigenvalue weighted by Gasteiger charge is -2.36. The van der Waals surface area contributed by atoms with Gasteiger partial charge in [-0.15, -0.1) is 0 Å². The van der Waals surface area contributed by atoms with Gasteiger partial charge in [0.1, 0.15) is 12.1 Å². The number of oxime groups is 1. The Morgan fingerprint density at radius 2 is 1.80 bits per heavy atom. The van der Waals surface area contributed by atoms with Crippen LogP contribution in [-0.4, -0.2) is 89.6 Å². The summed E-state index contributed by atoms with van der Waals surface area (Å²) >= 11 is 6.25. The Morgan fingerprint density at radius 1 is 1.06 bits per heavy atom. The predicted molar refractivity (Wildman–Crippen MR) is 182 cm³/mol. The molecule has 3 N–H and O–H groups in total. The van der Waals surface area contributed by atoms with Crippen molar-refractivity contribution in [1.29, 1.82) is 0 Å².